The first-order valence-corrected chi connectivity index (χ1v) is 9.43. The van der Waals surface area contributed by atoms with Crippen molar-refractivity contribution in [2.24, 2.45) is 0 Å². The van der Waals surface area contributed by atoms with E-state index in [0.29, 0.717) is 18.0 Å². The van der Waals surface area contributed by atoms with Crippen LogP contribution in [-0.4, -0.2) is 64.2 Å². The Bertz CT molecular complexity index is 600. The van der Waals surface area contributed by atoms with Crippen LogP contribution in [-0.2, 0) is 9.59 Å². The molecule has 1 atom stereocenters. The number of piperazine rings is 1. The number of anilines is 1. The van der Waals surface area contributed by atoms with Gasteiger partial charge in [0.15, 0.2) is 12.6 Å². The molecule has 0 aliphatic carbocycles. The zero-order valence-corrected chi connectivity index (χ0v) is 16.1. The number of para-hydroxylation sites is 2. The number of rotatable bonds is 8. The van der Waals surface area contributed by atoms with Crippen molar-refractivity contribution >= 4 is 17.5 Å². The van der Waals surface area contributed by atoms with E-state index in [1.54, 1.807) is 7.11 Å². The van der Waals surface area contributed by atoms with Gasteiger partial charge in [-0.1, -0.05) is 19.1 Å². The average molecular weight is 364 g/mol. The van der Waals surface area contributed by atoms with Gasteiger partial charge in [0.1, 0.15) is 31.9 Å². The van der Waals surface area contributed by atoms with Crippen LogP contribution in [0.3, 0.4) is 0 Å². The summed E-state index contributed by atoms with van der Waals surface area (Å²) in [4.78, 5) is 27.0. The highest BCUT2D eigenvalue weighted by atomic mass is 16.5. The molecule has 1 aromatic carbocycles. The molecule has 7 nitrogen and oxygen atoms in total. The van der Waals surface area contributed by atoms with Crippen LogP contribution in [0.2, 0.25) is 0 Å². The minimum absolute atomic E-state index is 0.00589. The van der Waals surface area contributed by atoms with Crippen molar-refractivity contribution in [3.8, 4) is 5.75 Å². The summed E-state index contributed by atoms with van der Waals surface area (Å²) in [7, 11) is 1.60. The Morgan fingerprint density at radius 2 is 1.88 bits per heavy atom. The second-order valence-electron chi connectivity index (χ2n) is 6.85. The van der Waals surface area contributed by atoms with Crippen LogP contribution >= 0.6 is 0 Å². The average Bonchev–Trinajstić information content (AvgIpc) is 2.66. The van der Waals surface area contributed by atoms with Gasteiger partial charge >= 0.3 is 0 Å². The molecule has 4 N–H and O–H groups in total. The summed E-state index contributed by atoms with van der Waals surface area (Å²) in [6, 6.07) is 7.29. The molecule has 26 heavy (non-hydrogen) atoms. The summed E-state index contributed by atoms with van der Waals surface area (Å²) in [5.41, 5.74) is 0.697. The first-order valence-electron chi connectivity index (χ1n) is 9.43. The maximum Gasteiger partial charge on any atom is 0.282 e. The number of nitrogens with one attached hydrogen (secondary N) is 4. The Balaban J connectivity index is 1.81. The molecule has 7 heteroatoms. The molecule has 0 spiro atoms. The van der Waals surface area contributed by atoms with Gasteiger partial charge in [0.05, 0.1) is 12.8 Å². The smallest absolute Gasteiger partial charge is 0.282 e. The van der Waals surface area contributed by atoms with Crippen LogP contribution in [0.25, 0.3) is 0 Å². The second kappa shape index (κ2) is 10.1. The molecular formula is C19H32N4O3+2. The van der Waals surface area contributed by atoms with Gasteiger partial charge in [-0.05, 0) is 25.5 Å². The standard InChI is InChI=1S/C19H30N4O3/c1-4-9-20-18(24)14-22-10-12-23(13-11-22)15(2)19(25)21-16-7-5-6-8-17(16)26-3/h5-8,15H,4,9-14H2,1-3H3,(H,20,24)(H,21,25)/p+2/t15-/m0/s1. The summed E-state index contributed by atoms with van der Waals surface area (Å²) < 4.78 is 5.29. The SMILES string of the molecule is CCCNC(=O)C[NH+]1CC[NH+]([C@@H](C)C(=O)Nc2ccccc2OC)CC1. The van der Waals surface area contributed by atoms with E-state index in [-0.39, 0.29) is 17.9 Å². The molecule has 1 aliphatic rings. The molecule has 0 unspecified atom stereocenters. The van der Waals surface area contributed by atoms with Crippen LogP contribution in [0, 0.1) is 0 Å². The Morgan fingerprint density at radius 3 is 2.54 bits per heavy atom. The first kappa shape index (κ1) is 20.2. The van der Waals surface area contributed by atoms with Crippen LogP contribution < -0.4 is 25.2 Å². The largest absolute Gasteiger partial charge is 0.495 e. The van der Waals surface area contributed by atoms with E-state index >= 15 is 0 Å². The van der Waals surface area contributed by atoms with Gasteiger partial charge in [0.2, 0.25) is 0 Å². The second-order valence-corrected chi connectivity index (χ2v) is 6.85. The Hall–Kier alpha value is -2.12. The van der Waals surface area contributed by atoms with Crippen LogP contribution in [0.1, 0.15) is 20.3 Å². The van der Waals surface area contributed by atoms with Gasteiger partial charge in [-0.15, -0.1) is 0 Å². The van der Waals surface area contributed by atoms with E-state index in [1.165, 1.54) is 9.80 Å². The summed E-state index contributed by atoms with van der Waals surface area (Å²) in [5, 5.41) is 5.90. The molecule has 2 amide bonds. The van der Waals surface area contributed by atoms with Gasteiger partial charge in [-0.25, -0.2) is 0 Å². The lowest BCUT2D eigenvalue weighted by atomic mass is 10.2. The fourth-order valence-corrected chi connectivity index (χ4v) is 3.26. The number of benzene rings is 1. The lowest BCUT2D eigenvalue weighted by Gasteiger charge is -2.32. The van der Waals surface area contributed by atoms with Crippen LogP contribution in [0.5, 0.6) is 5.75 Å². The maximum absolute atomic E-state index is 12.6. The number of hydrogen-bond donors (Lipinski definition) is 4. The van der Waals surface area contributed by atoms with E-state index in [4.69, 9.17) is 4.74 Å². The van der Waals surface area contributed by atoms with Crippen molar-refractivity contribution in [2.75, 3.05) is 51.7 Å². The van der Waals surface area contributed by atoms with E-state index in [9.17, 15) is 9.59 Å². The molecule has 1 aromatic rings. The lowest BCUT2D eigenvalue weighted by molar-refractivity contribution is -1.01. The van der Waals surface area contributed by atoms with Gasteiger partial charge in [-0.3, -0.25) is 9.59 Å². The quantitative estimate of drug-likeness (QED) is 0.446. The topological polar surface area (TPSA) is 76.3 Å². The molecule has 0 bridgehead atoms. The predicted molar refractivity (Wildman–Crippen MR) is 101 cm³/mol. The summed E-state index contributed by atoms with van der Waals surface area (Å²) in [6.07, 6.45) is 0.956. The highest BCUT2D eigenvalue weighted by Crippen LogP contribution is 2.22. The van der Waals surface area contributed by atoms with Crippen molar-refractivity contribution in [3.63, 3.8) is 0 Å². The molecule has 2 rings (SSSR count). The fraction of sp³-hybridized carbons (Fsp3) is 0.579. The zero-order valence-electron chi connectivity index (χ0n) is 16.1. The molecule has 144 valence electrons. The number of amides is 2. The Labute approximate surface area is 155 Å². The number of carbonyl (C=O) groups excluding carboxylic acids is 2. The number of carbonyl (C=O) groups is 2. The molecular weight excluding hydrogens is 332 g/mol. The highest BCUT2D eigenvalue weighted by molar-refractivity contribution is 5.94. The van der Waals surface area contributed by atoms with Gasteiger partial charge in [0, 0.05) is 6.54 Å². The Morgan fingerprint density at radius 1 is 1.19 bits per heavy atom. The molecule has 0 radical (unpaired) electrons. The van der Waals surface area contributed by atoms with E-state index in [1.807, 2.05) is 38.1 Å². The number of ether oxygens (including phenoxy) is 1. The molecule has 1 saturated heterocycles. The van der Waals surface area contributed by atoms with Crippen molar-refractivity contribution < 1.29 is 24.1 Å². The summed E-state index contributed by atoms with van der Waals surface area (Å²) in [5.74, 6) is 0.774. The molecule has 0 aromatic heterocycles. The third-order valence-electron chi connectivity index (χ3n) is 4.95. The maximum atomic E-state index is 12.6. The number of hydrogen-bond acceptors (Lipinski definition) is 3. The molecule has 1 heterocycles. The first-order chi connectivity index (χ1) is 12.5. The fourth-order valence-electron chi connectivity index (χ4n) is 3.26. The van der Waals surface area contributed by atoms with Crippen LogP contribution in [0.15, 0.2) is 24.3 Å². The molecule has 1 aliphatic heterocycles. The monoisotopic (exact) mass is 364 g/mol. The minimum Gasteiger partial charge on any atom is -0.495 e. The normalized spacial score (nSPS) is 20.9. The van der Waals surface area contributed by atoms with Crippen molar-refractivity contribution in [1.29, 1.82) is 0 Å². The van der Waals surface area contributed by atoms with Gasteiger partial charge < -0.3 is 25.2 Å². The highest BCUT2D eigenvalue weighted by Gasteiger charge is 2.32. The third-order valence-corrected chi connectivity index (χ3v) is 4.95. The molecule has 0 saturated carbocycles. The van der Waals surface area contributed by atoms with Crippen molar-refractivity contribution in [2.45, 2.75) is 26.3 Å². The third kappa shape index (κ3) is 5.71. The van der Waals surface area contributed by atoms with Crippen molar-refractivity contribution in [1.82, 2.24) is 5.32 Å². The summed E-state index contributed by atoms with van der Waals surface area (Å²) in [6.45, 7) is 8.85. The summed E-state index contributed by atoms with van der Waals surface area (Å²) >= 11 is 0. The number of methoxy groups -OCH3 is 1. The zero-order chi connectivity index (χ0) is 18.9. The Kier molecular flexibility index (Phi) is 7.87. The van der Waals surface area contributed by atoms with E-state index in [0.717, 1.165) is 39.1 Å². The number of quaternary nitrogens is 2. The lowest BCUT2D eigenvalue weighted by Crippen LogP contribution is -3.30. The molecule has 1 fully saturated rings. The van der Waals surface area contributed by atoms with Crippen LogP contribution in [0.4, 0.5) is 5.69 Å². The minimum atomic E-state index is -0.143. The van der Waals surface area contributed by atoms with Gasteiger partial charge in [-0.2, -0.15) is 0 Å². The predicted octanol–water partition coefficient (Wildman–Crippen LogP) is -1.67. The van der Waals surface area contributed by atoms with E-state index in [2.05, 4.69) is 10.6 Å². The van der Waals surface area contributed by atoms with Crippen molar-refractivity contribution in [3.05, 3.63) is 24.3 Å². The van der Waals surface area contributed by atoms with E-state index < -0.39 is 0 Å². The van der Waals surface area contributed by atoms with Gasteiger partial charge in [0.25, 0.3) is 11.8 Å².